The third-order valence-corrected chi connectivity index (χ3v) is 5.29. The first-order valence-corrected chi connectivity index (χ1v) is 7.56. The Balaban J connectivity index is 1.60. The summed E-state index contributed by atoms with van der Waals surface area (Å²) >= 11 is 0. The molecule has 17 heavy (non-hydrogen) atoms. The molecule has 4 atom stereocenters. The van der Waals surface area contributed by atoms with Gasteiger partial charge in [0.25, 0.3) is 0 Å². The highest BCUT2D eigenvalue weighted by atomic mass is 16.1. The SMILES string of the molecule is CCCCCCC1=CC2C3CCC(C3)C2C1=O. The number of Topliss-reactive ketones (excluding diaryl/α,β-unsaturated/α-hetero) is 1. The second-order valence-electron chi connectivity index (χ2n) is 6.30. The molecule has 0 spiro atoms. The van der Waals surface area contributed by atoms with Crippen LogP contribution < -0.4 is 0 Å². The predicted molar refractivity (Wildman–Crippen MR) is 69.7 cm³/mol. The van der Waals surface area contributed by atoms with Crippen LogP contribution in [0.1, 0.15) is 58.3 Å². The molecule has 0 aromatic heterocycles. The molecule has 1 nitrogen and oxygen atoms in total. The Morgan fingerprint density at radius 2 is 2.00 bits per heavy atom. The number of hydrogen-bond donors (Lipinski definition) is 0. The first-order chi connectivity index (χ1) is 8.31. The highest BCUT2D eigenvalue weighted by Crippen LogP contribution is 2.56. The van der Waals surface area contributed by atoms with Crippen LogP contribution in [-0.4, -0.2) is 5.78 Å². The third-order valence-electron chi connectivity index (χ3n) is 5.29. The molecule has 3 aliphatic rings. The van der Waals surface area contributed by atoms with E-state index in [-0.39, 0.29) is 0 Å². The standard InChI is InChI=1S/C16H24O/c1-2-3-4-5-6-13-10-14-11-7-8-12(9-11)15(14)16(13)17/h10-12,14-15H,2-9H2,1H3. The molecule has 0 heterocycles. The first-order valence-electron chi connectivity index (χ1n) is 7.56. The highest BCUT2D eigenvalue weighted by Gasteiger charge is 2.52. The van der Waals surface area contributed by atoms with Crippen molar-refractivity contribution in [1.29, 1.82) is 0 Å². The second kappa shape index (κ2) is 4.59. The van der Waals surface area contributed by atoms with Gasteiger partial charge in [0, 0.05) is 5.92 Å². The summed E-state index contributed by atoms with van der Waals surface area (Å²) in [6, 6.07) is 0. The van der Waals surface area contributed by atoms with Crippen LogP contribution in [0, 0.1) is 23.7 Å². The topological polar surface area (TPSA) is 17.1 Å². The van der Waals surface area contributed by atoms with Gasteiger partial charge in [-0.3, -0.25) is 4.79 Å². The first kappa shape index (κ1) is 11.5. The van der Waals surface area contributed by atoms with Gasteiger partial charge in [-0.1, -0.05) is 32.3 Å². The molecular formula is C16H24O. The largest absolute Gasteiger partial charge is 0.294 e. The number of fused-ring (bicyclic) bond motifs is 5. The Kier molecular flexibility index (Phi) is 3.10. The number of unbranched alkanes of at least 4 members (excludes halogenated alkanes) is 3. The molecule has 0 radical (unpaired) electrons. The molecule has 94 valence electrons. The van der Waals surface area contributed by atoms with Gasteiger partial charge in [0.15, 0.2) is 5.78 Å². The van der Waals surface area contributed by atoms with Gasteiger partial charge in [-0.2, -0.15) is 0 Å². The average Bonchev–Trinajstić information content (AvgIpc) is 2.98. The van der Waals surface area contributed by atoms with E-state index in [1.54, 1.807) is 0 Å². The minimum absolute atomic E-state index is 0.426. The van der Waals surface area contributed by atoms with E-state index in [0.29, 0.717) is 17.6 Å². The van der Waals surface area contributed by atoms with Crippen LogP contribution in [0.25, 0.3) is 0 Å². The predicted octanol–water partition coefficient (Wildman–Crippen LogP) is 4.13. The summed E-state index contributed by atoms with van der Waals surface area (Å²) in [5.74, 6) is 3.24. The summed E-state index contributed by atoms with van der Waals surface area (Å²) in [5.41, 5.74) is 1.20. The van der Waals surface area contributed by atoms with Crippen LogP contribution in [0.5, 0.6) is 0 Å². The zero-order valence-corrected chi connectivity index (χ0v) is 11.0. The van der Waals surface area contributed by atoms with E-state index in [1.807, 2.05) is 0 Å². The molecule has 1 heteroatoms. The van der Waals surface area contributed by atoms with Crippen molar-refractivity contribution in [1.82, 2.24) is 0 Å². The molecular weight excluding hydrogens is 208 g/mol. The molecule has 0 aromatic carbocycles. The van der Waals surface area contributed by atoms with Crippen molar-refractivity contribution in [2.24, 2.45) is 23.7 Å². The number of carbonyl (C=O) groups is 1. The molecule has 3 rings (SSSR count). The molecule has 0 amide bonds. The number of hydrogen-bond acceptors (Lipinski definition) is 1. The Morgan fingerprint density at radius 1 is 1.18 bits per heavy atom. The van der Waals surface area contributed by atoms with Gasteiger partial charge in [0.1, 0.15) is 0 Å². The summed E-state index contributed by atoms with van der Waals surface area (Å²) in [4.78, 5) is 12.4. The minimum Gasteiger partial charge on any atom is -0.294 e. The van der Waals surface area contributed by atoms with Crippen molar-refractivity contribution in [2.45, 2.75) is 58.3 Å². The molecule has 0 saturated heterocycles. The van der Waals surface area contributed by atoms with Crippen molar-refractivity contribution in [3.63, 3.8) is 0 Å². The zero-order chi connectivity index (χ0) is 11.8. The van der Waals surface area contributed by atoms with Crippen molar-refractivity contribution >= 4 is 5.78 Å². The smallest absolute Gasteiger partial charge is 0.162 e. The number of carbonyl (C=O) groups excluding carboxylic acids is 1. The molecule has 4 unspecified atom stereocenters. The fourth-order valence-corrected chi connectivity index (χ4v) is 4.44. The quantitative estimate of drug-likeness (QED) is 0.651. The maximum Gasteiger partial charge on any atom is 0.162 e. The van der Waals surface area contributed by atoms with E-state index >= 15 is 0 Å². The zero-order valence-electron chi connectivity index (χ0n) is 11.0. The third kappa shape index (κ3) is 1.88. The van der Waals surface area contributed by atoms with Crippen molar-refractivity contribution in [3.05, 3.63) is 11.6 Å². The fraction of sp³-hybridized carbons (Fsp3) is 0.812. The monoisotopic (exact) mass is 232 g/mol. The molecule has 0 aliphatic heterocycles. The molecule has 0 aromatic rings. The maximum absolute atomic E-state index is 12.4. The van der Waals surface area contributed by atoms with Crippen LogP contribution in [-0.2, 0) is 4.79 Å². The van der Waals surface area contributed by atoms with E-state index in [1.165, 1.54) is 50.5 Å². The summed E-state index contributed by atoms with van der Waals surface area (Å²) in [7, 11) is 0. The van der Waals surface area contributed by atoms with Crippen LogP contribution in [0.15, 0.2) is 11.6 Å². The van der Waals surface area contributed by atoms with Crippen LogP contribution in [0.3, 0.4) is 0 Å². The van der Waals surface area contributed by atoms with Gasteiger partial charge in [0.2, 0.25) is 0 Å². The lowest BCUT2D eigenvalue weighted by Crippen LogP contribution is -2.23. The highest BCUT2D eigenvalue weighted by molar-refractivity contribution is 6.00. The Hall–Kier alpha value is -0.590. The maximum atomic E-state index is 12.4. The van der Waals surface area contributed by atoms with Crippen molar-refractivity contribution in [3.8, 4) is 0 Å². The van der Waals surface area contributed by atoms with E-state index in [4.69, 9.17) is 0 Å². The van der Waals surface area contributed by atoms with E-state index < -0.39 is 0 Å². The van der Waals surface area contributed by atoms with Crippen LogP contribution >= 0.6 is 0 Å². The van der Waals surface area contributed by atoms with Gasteiger partial charge < -0.3 is 0 Å². The Morgan fingerprint density at radius 3 is 2.76 bits per heavy atom. The summed E-state index contributed by atoms with van der Waals surface area (Å²) < 4.78 is 0. The van der Waals surface area contributed by atoms with E-state index in [2.05, 4.69) is 13.0 Å². The summed E-state index contributed by atoms with van der Waals surface area (Å²) in [5, 5.41) is 0. The van der Waals surface area contributed by atoms with E-state index in [9.17, 15) is 4.79 Å². The van der Waals surface area contributed by atoms with Crippen LogP contribution in [0.2, 0.25) is 0 Å². The average molecular weight is 232 g/mol. The molecule has 3 aliphatic carbocycles. The summed E-state index contributed by atoms with van der Waals surface area (Å²) in [6.45, 7) is 2.24. The second-order valence-corrected chi connectivity index (χ2v) is 6.30. The van der Waals surface area contributed by atoms with Gasteiger partial charge in [-0.05, 0) is 55.4 Å². The lowest BCUT2D eigenvalue weighted by Gasteiger charge is -2.22. The summed E-state index contributed by atoms with van der Waals surface area (Å²) in [6.07, 6.45) is 12.6. The lowest BCUT2D eigenvalue weighted by molar-refractivity contribution is -0.120. The molecule has 2 fully saturated rings. The normalized spacial score (nSPS) is 38.6. The Labute approximate surface area is 105 Å². The Bertz CT molecular complexity index is 341. The van der Waals surface area contributed by atoms with Crippen molar-refractivity contribution < 1.29 is 4.79 Å². The lowest BCUT2D eigenvalue weighted by atomic mass is 9.81. The van der Waals surface area contributed by atoms with Gasteiger partial charge in [-0.15, -0.1) is 0 Å². The fourth-order valence-electron chi connectivity index (χ4n) is 4.44. The number of ketones is 1. The van der Waals surface area contributed by atoms with Gasteiger partial charge in [0.05, 0.1) is 0 Å². The molecule has 2 bridgehead atoms. The minimum atomic E-state index is 0.426. The van der Waals surface area contributed by atoms with Gasteiger partial charge in [-0.25, -0.2) is 0 Å². The van der Waals surface area contributed by atoms with Crippen molar-refractivity contribution in [2.75, 3.05) is 0 Å². The van der Waals surface area contributed by atoms with E-state index in [0.717, 1.165) is 18.3 Å². The molecule has 0 N–H and O–H groups in total. The van der Waals surface area contributed by atoms with Crippen LogP contribution in [0.4, 0.5) is 0 Å². The number of rotatable bonds is 5. The van der Waals surface area contributed by atoms with Gasteiger partial charge >= 0.3 is 0 Å². The molecule has 2 saturated carbocycles. The number of allylic oxidation sites excluding steroid dienone is 2.